The molecule has 3 aromatic rings. The molecule has 8 heteroatoms. The molecule has 154 valence electrons. The van der Waals surface area contributed by atoms with Crippen molar-refractivity contribution in [3.05, 3.63) is 71.9 Å². The first-order valence-corrected chi connectivity index (χ1v) is 9.85. The summed E-state index contributed by atoms with van der Waals surface area (Å²) in [7, 11) is 0. The maximum Gasteiger partial charge on any atom is 0.230 e. The second kappa shape index (κ2) is 8.44. The minimum atomic E-state index is -0.513. The van der Waals surface area contributed by atoms with Gasteiger partial charge in [-0.1, -0.05) is 12.1 Å². The molecule has 1 fully saturated rings. The summed E-state index contributed by atoms with van der Waals surface area (Å²) in [5.41, 5.74) is 1.45. The molecule has 0 radical (unpaired) electrons. The smallest absolute Gasteiger partial charge is 0.230 e. The third kappa shape index (κ3) is 4.53. The fourth-order valence-electron chi connectivity index (χ4n) is 3.33. The van der Waals surface area contributed by atoms with E-state index in [0.717, 1.165) is 24.0 Å². The number of anilines is 3. The third-order valence-electron chi connectivity index (χ3n) is 5.14. The van der Waals surface area contributed by atoms with E-state index in [4.69, 9.17) is 0 Å². The van der Waals surface area contributed by atoms with Crippen LogP contribution in [0.2, 0.25) is 0 Å². The van der Waals surface area contributed by atoms with Crippen LogP contribution >= 0.6 is 0 Å². The van der Waals surface area contributed by atoms with Gasteiger partial charge in [0.05, 0.1) is 5.41 Å². The molecule has 1 amide bonds. The summed E-state index contributed by atoms with van der Waals surface area (Å²) in [6.07, 6.45) is 4.77. The average molecular weight is 406 g/mol. The summed E-state index contributed by atoms with van der Waals surface area (Å²) in [6.45, 7) is 2.97. The Morgan fingerprint density at radius 1 is 1.00 bits per heavy atom. The molecule has 2 aromatic heterocycles. The van der Waals surface area contributed by atoms with Crippen LogP contribution in [0.1, 0.15) is 24.0 Å². The fraction of sp³-hybridized carbons (Fsp3) is 0.273. The van der Waals surface area contributed by atoms with Gasteiger partial charge in [0.15, 0.2) is 0 Å². The summed E-state index contributed by atoms with van der Waals surface area (Å²) in [6, 6.07) is 11.8. The Bertz CT molecular complexity index is 1040. The van der Waals surface area contributed by atoms with Crippen LogP contribution in [0.3, 0.4) is 0 Å². The number of carbonyl (C=O) groups is 1. The number of hydrogen-bond acceptors (Lipinski definition) is 6. The van der Waals surface area contributed by atoms with Crippen molar-refractivity contribution in [1.29, 1.82) is 0 Å². The zero-order chi connectivity index (χ0) is 21.0. The molecule has 0 atom stereocenters. The van der Waals surface area contributed by atoms with E-state index in [2.05, 4.69) is 30.9 Å². The lowest BCUT2D eigenvalue weighted by Gasteiger charge is -2.16. The van der Waals surface area contributed by atoms with Gasteiger partial charge < -0.3 is 16.0 Å². The highest BCUT2D eigenvalue weighted by Crippen LogP contribution is 2.48. The molecule has 4 rings (SSSR count). The van der Waals surface area contributed by atoms with E-state index in [1.165, 1.54) is 18.5 Å². The van der Waals surface area contributed by atoms with Crippen LogP contribution < -0.4 is 16.0 Å². The Kier molecular flexibility index (Phi) is 5.56. The quantitative estimate of drug-likeness (QED) is 0.497. The molecule has 0 bridgehead atoms. The van der Waals surface area contributed by atoms with E-state index in [0.29, 0.717) is 30.5 Å². The number of rotatable bonds is 8. The van der Waals surface area contributed by atoms with Gasteiger partial charge >= 0.3 is 0 Å². The number of nitrogens with one attached hydrogen (secondary N) is 3. The standard InChI is InChI=1S/C22H23FN6O/c1-15-6-9-24-19(12-15)29-20-13-18(27-14-28-20)25-10-11-26-21(30)22(7-8-22)16-2-4-17(23)5-3-16/h2-6,9,12-14H,7-8,10-11H2,1H3,(H,26,30)(H2,24,25,27,28,29). The lowest BCUT2D eigenvalue weighted by molar-refractivity contribution is -0.123. The number of halogens is 1. The van der Waals surface area contributed by atoms with E-state index in [1.807, 2.05) is 19.1 Å². The Hall–Kier alpha value is -3.55. The van der Waals surface area contributed by atoms with E-state index in [-0.39, 0.29) is 11.7 Å². The molecule has 7 nitrogen and oxygen atoms in total. The Morgan fingerprint density at radius 2 is 1.73 bits per heavy atom. The monoisotopic (exact) mass is 406 g/mol. The highest BCUT2D eigenvalue weighted by Gasteiger charge is 2.50. The van der Waals surface area contributed by atoms with E-state index < -0.39 is 5.41 Å². The topological polar surface area (TPSA) is 91.8 Å². The molecule has 0 aliphatic heterocycles. The zero-order valence-corrected chi connectivity index (χ0v) is 16.7. The number of nitrogens with zero attached hydrogens (tertiary/aromatic N) is 3. The molecule has 0 saturated heterocycles. The lowest BCUT2D eigenvalue weighted by Crippen LogP contribution is -2.37. The average Bonchev–Trinajstić information content (AvgIpc) is 3.54. The Labute approximate surface area is 174 Å². The van der Waals surface area contributed by atoms with Crippen LogP contribution in [-0.4, -0.2) is 33.9 Å². The first-order chi connectivity index (χ1) is 14.5. The summed E-state index contributed by atoms with van der Waals surface area (Å²) in [5.74, 6) is 1.67. The van der Waals surface area contributed by atoms with Crippen LogP contribution in [0.25, 0.3) is 0 Å². The van der Waals surface area contributed by atoms with Gasteiger partial charge in [0.1, 0.15) is 29.6 Å². The molecule has 2 heterocycles. The second-order valence-electron chi connectivity index (χ2n) is 7.40. The first kappa shape index (κ1) is 19.8. The SMILES string of the molecule is Cc1ccnc(Nc2cc(NCCNC(=O)C3(c4ccc(F)cc4)CC3)ncn2)c1. The normalized spacial score (nSPS) is 14.1. The number of amides is 1. The molecule has 1 saturated carbocycles. The van der Waals surface area contributed by atoms with Crippen molar-refractivity contribution in [2.24, 2.45) is 0 Å². The molecule has 0 unspecified atom stereocenters. The van der Waals surface area contributed by atoms with Gasteiger partial charge in [-0.15, -0.1) is 0 Å². The maximum atomic E-state index is 13.1. The van der Waals surface area contributed by atoms with Gasteiger partial charge in [0.25, 0.3) is 0 Å². The van der Waals surface area contributed by atoms with Crippen LogP contribution in [0.4, 0.5) is 21.8 Å². The summed E-state index contributed by atoms with van der Waals surface area (Å²) < 4.78 is 13.1. The van der Waals surface area contributed by atoms with Crippen molar-refractivity contribution >= 4 is 23.4 Å². The van der Waals surface area contributed by atoms with Gasteiger partial charge in [-0.3, -0.25) is 4.79 Å². The van der Waals surface area contributed by atoms with Gasteiger partial charge in [-0.25, -0.2) is 19.3 Å². The molecule has 1 aliphatic carbocycles. The van der Waals surface area contributed by atoms with Crippen molar-refractivity contribution < 1.29 is 9.18 Å². The summed E-state index contributed by atoms with van der Waals surface area (Å²) in [4.78, 5) is 25.3. The van der Waals surface area contributed by atoms with Crippen LogP contribution in [0.5, 0.6) is 0 Å². The summed E-state index contributed by atoms with van der Waals surface area (Å²) >= 11 is 0. The maximum absolute atomic E-state index is 13.1. The predicted molar refractivity (Wildman–Crippen MR) is 113 cm³/mol. The molecule has 1 aliphatic rings. The number of benzene rings is 1. The number of pyridine rings is 1. The van der Waals surface area contributed by atoms with Crippen molar-refractivity contribution in [2.45, 2.75) is 25.2 Å². The molecule has 3 N–H and O–H groups in total. The largest absolute Gasteiger partial charge is 0.368 e. The molecular formula is C22H23FN6O. The van der Waals surface area contributed by atoms with E-state index in [1.54, 1.807) is 24.4 Å². The minimum absolute atomic E-state index is 0.0218. The molecule has 30 heavy (non-hydrogen) atoms. The Morgan fingerprint density at radius 3 is 2.47 bits per heavy atom. The highest BCUT2D eigenvalue weighted by atomic mass is 19.1. The Balaban J connectivity index is 1.27. The van der Waals surface area contributed by atoms with Gasteiger partial charge in [0.2, 0.25) is 5.91 Å². The minimum Gasteiger partial charge on any atom is -0.368 e. The molecule has 0 spiro atoms. The van der Waals surface area contributed by atoms with Gasteiger partial charge in [0, 0.05) is 25.4 Å². The van der Waals surface area contributed by atoms with Crippen molar-refractivity contribution in [1.82, 2.24) is 20.3 Å². The zero-order valence-electron chi connectivity index (χ0n) is 16.7. The first-order valence-electron chi connectivity index (χ1n) is 9.85. The van der Waals surface area contributed by atoms with Gasteiger partial charge in [-0.05, 0) is 55.2 Å². The lowest BCUT2D eigenvalue weighted by atomic mass is 9.95. The fourth-order valence-corrected chi connectivity index (χ4v) is 3.33. The number of carbonyl (C=O) groups excluding carboxylic acids is 1. The van der Waals surface area contributed by atoms with Crippen LogP contribution in [-0.2, 0) is 10.2 Å². The molecular weight excluding hydrogens is 383 g/mol. The van der Waals surface area contributed by atoms with Crippen molar-refractivity contribution in [3.8, 4) is 0 Å². The van der Waals surface area contributed by atoms with E-state index >= 15 is 0 Å². The third-order valence-corrected chi connectivity index (χ3v) is 5.14. The van der Waals surface area contributed by atoms with Crippen molar-refractivity contribution in [2.75, 3.05) is 23.7 Å². The number of hydrogen-bond donors (Lipinski definition) is 3. The summed E-state index contributed by atoms with van der Waals surface area (Å²) in [5, 5.41) is 9.29. The molecule has 1 aromatic carbocycles. The highest BCUT2D eigenvalue weighted by molar-refractivity contribution is 5.91. The number of aromatic nitrogens is 3. The number of aryl methyl sites for hydroxylation is 1. The predicted octanol–water partition coefficient (Wildman–Crippen LogP) is 3.32. The van der Waals surface area contributed by atoms with Crippen LogP contribution in [0, 0.1) is 12.7 Å². The van der Waals surface area contributed by atoms with Crippen molar-refractivity contribution in [3.63, 3.8) is 0 Å². The second-order valence-corrected chi connectivity index (χ2v) is 7.40. The van der Waals surface area contributed by atoms with Gasteiger partial charge in [-0.2, -0.15) is 0 Å². The van der Waals surface area contributed by atoms with Crippen LogP contribution in [0.15, 0.2) is 55.0 Å². The van der Waals surface area contributed by atoms with E-state index in [9.17, 15) is 9.18 Å².